The van der Waals surface area contributed by atoms with Crippen molar-refractivity contribution in [3.8, 4) is 0 Å². The van der Waals surface area contributed by atoms with Crippen LogP contribution in [0.4, 0.5) is 0 Å². The number of rotatable bonds is 8. The van der Waals surface area contributed by atoms with Crippen LogP contribution < -0.4 is 5.32 Å². The van der Waals surface area contributed by atoms with Gasteiger partial charge in [0.15, 0.2) is 8.32 Å². The first-order valence-electron chi connectivity index (χ1n) is 9.95. The maximum atomic E-state index is 12.4. The first kappa shape index (κ1) is 21.4. The summed E-state index contributed by atoms with van der Waals surface area (Å²) in [5.74, 6) is -0.0577. The maximum Gasteiger partial charge on any atom is 0.251 e. The van der Waals surface area contributed by atoms with Gasteiger partial charge in [-0.2, -0.15) is 10.9 Å². The lowest BCUT2D eigenvalue weighted by Gasteiger charge is -2.23. The number of thiol groups is 1. The first-order valence-corrected chi connectivity index (χ1v) is 14.4. The zero-order chi connectivity index (χ0) is 20.7. The highest BCUT2D eigenvalue weighted by molar-refractivity contribution is 8.17. The van der Waals surface area contributed by atoms with Gasteiger partial charge in [-0.25, -0.2) is 0 Å². The monoisotopic (exact) mass is 423 g/mol. The lowest BCUT2D eigenvalue weighted by atomic mass is 10.2. The van der Waals surface area contributed by atoms with E-state index in [1.54, 1.807) is 0 Å². The van der Waals surface area contributed by atoms with E-state index in [0.29, 0.717) is 12.1 Å². The van der Waals surface area contributed by atoms with Crippen LogP contribution in [0, 0.1) is 0 Å². The molecule has 152 valence electrons. The molecular weight excluding hydrogens is 394 g/mol. The molecule has 0 fully saturated rings. The molecule has 0 radical (unpaired) electrons. The molecule has 0 atom stereocenters. The SMILES string of the molecule is C[Si](C)(O)CCCNC(=O)c1ccc([SH](c2ccccc2)c2ccccc2)cc1. The van der Waals surface area contributed by atoms with E-state index in [1.165, 1.54) is 14.7 Å². The molecule has 0 saturated heterocycles. The summed E-state index contributed by atoms with van der Waals surface area (Å²) in [7, 11) is -2.70. The van der Waals surface area contributed by atoms with Crippen LogP contribution in [0.25, 0.3) is 0 Å². The normalized spacial score (nSPS) is 11.8. The first-order chi connectivity index (χ1) is 13.9. The topological polar surface area (TPSA) is 49.3 Å². The maximum absolute atomic E-state index is 12.4. The Morgan fingerprint density at radius 3 is 1.79 bits per heavy atom. The molecule has 3 rings (SSSR count). The van der Waals surface area contributed by atoms with Gasteiger partial charge in [-0.1, -0.05) is 36.4 Å². The van der Waals surface area contributed by atoms with Crippen molar-refractivity contribution < 1.29 is 9.59 Å². The molecule has 0 heterocycles. The second-order valence-electron chi connectivity index (χ2n) is 7.73. The summed E-state index contributed by atoms with van der Waals surface area (Å²) < 4.78 is 0. The lowest BCUT2D eigenvalue weighted by Crippen LogP contribution is -2.29. The molecule has 0 unspecified atom stereocenters. The van der Waals surface area contributed by atoms with E-state index < -0.39 is 19.2 Å². The van der Waals surface area contributed by atoms with Gasteiger partial charge in [-0.05, 0) is 88.8 Å². The van der Waals surface area contributed by atoms with E-state index in [2.05, 4.69) is 66.0 Å². The fourth-order valence-electron chi connectivity index (χ4n) is 3.19. The molecule has 1 amide bonds. The quantitative estimate of drug-likeness (QED) is 0.255. The molecule has 3 nitrogen and oxygen atoms in total. The molecule has 3 aromatic carbocycles. The van der Waals surface area contributed by atoms with Gasteiger partial charge in [0.2, 0.25) is 0 Å². The van der Waals surface area contributed by atoms with Gasteiger partial charge in [0.1, 0.15) is 0 Å². The van der Waals surface area contributed by atoms with Gasteiger partial charge in [0, 0.05) is 12.1 Å². The van der Waals surface area contributed by atoms with Crippen molar-refractivity contribution in [3.05, 3.63) is 90.5 Å². The molecular formula is C24H29NO2SSi. The third-order valence-corrected chi connectivity index (χ3v) is 8.69. The Morgan fingerprint density at radius 2 is 1.31 bits per heavy atom. The molecule has 0 aliphatic carbocycles. The number of nitrogens with one attached hydrogen (secondary N) is 1. The predicted octanol–water partition coefficient (Wildman–Crippen LogP) is 5.48. The fourth-order valence-corrected chi connectivity index (χ4v) is 6.51. The van der Waals surface area contributed by atoms with Gasteiger partial charge in [0.05, 0.1) is 0 Å². The fraction of sp³-hybridized carbons (Fsp3) is 0.208. The Bertz CT molecular complexity index is 870. The highest BCUT2D eigenvalue weighted by Crippen LogP contribution is 2.50. The van der Waals surface area contributed by atoms with Crippen molar-refractivity contribution in [2.75, 3.05) is 6.54 Å². The third-order valence-electron chi connectivity index (χ3n) is 4.67. The van der Waals surface area contributed by atoms with Crippen LogP contribution in [0.3, 0.4) is 0 Å². The Labute approximate surface area is 177 Å². The molecule has 2 N–H and O–H groups in total. The summed E-state index contributed by atoms with van der Waals surface area (Å²) in [4.78, 5) is 26.1. The largest absolute Gasteiger partial charge is 0.432 e. The summed E-state index contributed by atoms with van der Waals surface area (Å²) in [6.45, 7) is 4.44. The Hall–Kier alpha value is -2.34. The van der Waals surface area contributed by atoms with E-state index in [0.717, 1.165) is 12.5 Å². The minimum absolute atomic E-state index is 0.0577. The minimum Gasteiger partial charge on any atom is -0.432 e. The average Bonchev–Trinajstić information content (AvgIpc) is 2.73. The molecule has 0 aliphatic heterocycles. The molecule has 3 aromatic rings. The average molecular weight is 424 g/mol. The van der Waals surface area contributed by atoms with Gasteiger partial charge in [0.25, 0.3) is 5.91 Å². The Balaban J connectivity index is 1.74. The summed E-state index contributed by atoms with van der Waals surface area (Å²) in [6, 6.07) is 29.8. The number of carbonyl (C=O) groups excluding carboxylic acids is 1. The molecule has 0 spiro atoms. The summed E-state index contributed by atoms with van der Waals surface area (Å²) >= 11 is 0. The van der Waals surface area contributed by atoms with Crippen LogP contribution in [-0.2, 0) is 0 Å². The molecule has 29 heavy (non-hydrogen) atoms. The van der Waals surface area contributed by atoms with Crippen LogP contribution in [0.2, 0.25) is 19.1 Å². The van der Waals surface area contributed by atoms with Crippen molar-refractivity contribution >= 4 is 25.1 Å². The molecule has 0 aliphatic rings. The van der Waals surface area contributed by atoms with Crippen molar-refractivity contribution in [2.45, 2.75) is 40.2 Å². The standard InChI is InChI=1S/C24H29NO2SSi/c1-29(2,27)19-9-18-25-24(26)20-14-16-23(17-15-20)28(21-10-5-3-6-11-21)22-12-7-4-8-13-22/h3-8,10-17,27-28H,9,18-19H2,1-2H3,(H,25,26). The number of carbonyl (C=O) groups is 1. The summed E-state index contributed by atoms with van der Waals surface area (Å²) in [5, 5.41) is 2.96. The number of hydrogen-bond donors (Lipinski definition) is 3. The summed E-state index contributed by atoms with van der Waals surface area (Å²) in [5.41, 5.74) is 0.672. The van der Waals surface area contributed by atoms with E-state index in [9.17, 15) is 9.59 Å². The molecule has 0 bridgehead atoms. The van der Waals surface area contributed by atoms with Gasteiger partial charge in [-0.15, -0.1) is 0 Å². The van der Waals surface area contributed by atoms with Crippen molar-refractivity contribution in [1.29, 1.82) is 0 Å². The Kier molecular flexibility index (Phi) is 7.31. The van der Waals surface area contributed by atoms with Crippen LogP contribution in [0.15, 0.2) is 99.6 Å². The lowest BCUT2D eigenvalue weighted by molar-refractivity contribution is 0.0953. The molecule has 0 saturated carbocycles. The van der Waals surface area contributed by atoms with Crippen molar-refractivity contribution in [2.24, 2.45) is 0 Å². The van der Waals surface area contributed by atoms with Gasteiger partial charge >= 0.3 is 0 Å². The van der Waals surface area contributed by atoms with E-state index >= 15 is 0 Å². The van der Waals surface area contributed by atoms with Crippen LogP contribution >= 0.6 is 10.9 Å². The minimum atomic E-state index is -2.04. The second-order valence-corrected chi connectivity index (χ2v) is 14.1. The summed E-state index contributed by atoms with van der Waals surface area (Å²) in [6.07, 6.45) is 0.812. The van der Waals surface area contributed by atoms with Crippen LogP contribution in [0.5, 0.6) is 0 Å². The van der Waals surface area contributed by atoms with Crippen molar-refractivity contribution in [3.63, 3.8) is 0 Å². The second kappa shape index (κ2) is 9.92. The van der Waals surface area contributed by atoms with Crippen LogP contribution in [-0.4, -0.2) is 25.6 Å². The van der Waals surface area contributed by atoms with Gasteiger partial charge < -0.3 is 10.1 Å². The van der Waals surface area contributed by atoms with Crippen molar-refractivity contribution in [1.82, 2.24) is 5.32 Å². The molecule has 0 aromatic heterocycles. The van der Waals surface area contributed by atoms with E-state index in [4.69, 9.17) is 0 Å². The Morgan fingerprint density at radius 1 is 0.828 bits per heavy atom. The highest BCUT2D eigenvalue weighted by atomic mass is 32.2. The number of hydrogen-bond acceptors (Lipinski definition) is 2. The van der Waals surface area contributed by atoms with Crippen LogP contribution in [0.1, 0.15) is 16.8 Å². The number of benzene rings is 3. The molecule has 5 heteroatoms. The third kappa shape index (κ3) is 6.32. The zero-order valence-electron chi connectivity index (χ0n) is 17.0. The number of amides is 1. The van der Waals surface area contributed by atoms with Gasteiger partial charge in [-0.3, -0.25) is 4.79 Å². The zero-order valence-corrected chi connectivity index (χ0v) is 18.9. The highest BCUT2D eigenvalue weighted by Gasteiger charge is 2.16. The van der Waals surface area contributed by atoms with E-state index in [1.807, 2.05) is 37.4 Å². The smallest absolute Gasteiger partial charge is 0.251 e. The van der Waals surface area contributed by atoms with E-state index in [-0.39, 0.29) is 5.91 Å². The predicted molar refractivity (Wildman–Crippen MR) is 125 cm³/mol.